The van der Waals surface area contributed by atoms with E-state index in [0.29, 0.717) is 68.1 Å². The molecule has 3 aliphatic heterocycles. The highest BCUT2D eigenvalue weighted by Crippen LogP contribution is 2.35. The van der Waals surface area contributed by atoms with E-state index in [9.17, 15) is 13.2 Å². The molecule has 1 fully saturated rings. The van der Waals surface area contributed by atoms with E-state index >= 15 is 0 Å². The molecule has 0 aromatic heterocycles. The first-order chi connectivity index (χ1) is 15.5. The molecule has 0 radical (unpaired) electrons. The van der Waals surface area contributed by atoms with Crippen LogP contribution in [0.4, 0.5) is 5.69 Å². The summed E-state index contributed by atoms with van der Waals surface area (Å²) in [5.41, 5.74) is 0.624. The van der Waals surface area contributed by atoms with Crippen LogP contribution in [0.15, 0.2) is 41.3 Å². The van der Waals surface area contributed by atoms with Gasteiger partial charge in [-0.25, -0.2) is 8.42 Å². The number of fused-ring (bicyclic) bond motifs is 2. The number of hydrogen-bond acceptors (Lipinski definition) is 8. The number of sulfonamides is 1. The minimum absolute atomic E-state index is 0.173. The van der Waals surface area contributed by atoms with Crippen molar-refractivity contribution in [1.29, 1.82) is 0 Å². The van der Waals surface area contributed by atoms with Gasteiger partial charge in [-0.05, 0) is 24.3 Å². The van der Waals surface area contributed by atoms with E-state index in [0.717, 1.165) is 0 Å². The molecular weight excluding hydrogens is 438 g/mol. The number of anilines is 1. The third-order valence-corrected chi connectivity index (χ3v) is 7.40. The van der Waals surface area contributed by atoms with Gasteiger partial charge >= 0.3 is 0 Å². The molecule has 0 aliphatic carbocycles. The van der Waals surface area contributed by atoms with Gasteiger partial charge in [-0.1, -0.05) is 0 Å². The summed E-state index contributed by atoms with van der Waals surface area (Å²) in [6.45, 7) is 2.70. The number of piperazine rings is 1. The molecule has 0 bridgehead atoms. The van der Waals surface area contributed by atoms with Crippen LogP contribution < -0.4 is 24.3 Å². The SMILES string of the molecule is O=C(CN1CCN(S(=O)(=O)c2ccc3c(c2)OCCO3)CC1)Nc1ccc2c(c1)OCO2. The van der Waals surface area contributed by atoms with Crippen molar-refractivity contribution in [1.82, 2.24) is 9.21 Å². The lowest BCUT2D eigenvalue weighted by atomic mass is 10.2. The largest absolute Gasteiger partial charge is 0.486 e. The van der Waals surface area contributed by atoms with Crippen LogP contribution in [0, 0.1) is 0 Å². The molecule has 3 heterocycles. The number of rotatable bonds is 5. The van der Waals surface area contributed by atoms with Crippen molar-refractivity contribution in [3.05, 3.63) is 36.4 Å². The number of benzene rings is 2. The van der Waals surface area contributed by atoms with Crippen molar-refractivity contribution < 1.29 is 32.2 Å². The van der Waals surface area contributed by atoms with Gasteiger partial charge in [-0.2, -0.15) is 4.31 Å². The van der Waals surface area contributed by atoms with Gasteiger partial charge in [0.2, 0.25) is 22.7 Å². The Morgan fingerprint density at radius 2 is 1.50 bits per heavy atom. The van der Waals surface area contributed by atoms with Gasteiger partial charge in [0.25, 0.3) is 0 Å². The Bertz CT molecular complexity index is 1130. The van der Waals surface area contributed by atoms with Crippen molar-refractivity contribution in [2.24, 2.45) is 0 Å². The van der Waals surface area contributed by atoms with Crippen molar-refractivity contribution in [2.75, 3.05) is 58.0 Å². The zero-order chi connectivity index (χ0) is 22.1. The summed E-state index contributed by atoms with van der Waals surface area (Å²) in [6.07, 6.45) is 0. The third kappa shape index (κ3) is 4.18. The molecule has 2 aromatic rings. The Kier molecular flexibility index (Phi) is 5.53. The van der Waals surface area contributed by atoms with E-state index in [1.807, 2.05) is 4.90 Å². The van der Waals surface area contributed by atoms with Crippen LogP contribution >= 0.6 is 0 Å². The highest BCUT2D eigenvalue weighted by atomic mass is 32.2. The maximum absolute atomic E-state index is 13.0. The molecular formula is C21H23N3O7S. The second-order valence-corrected chi connectivity index (χ2v) is 9.54. The third-order valence-electron chi connectivity index (χ3n) is 5.51. The average molecular weight is 461 g/mol. The second kappa shape index (κ2) is 8.49. The fraction of sp³-hybridized carbons (Fsp3) is 0.381. The Balaban J connectivity index is 1.16. The fourth-order valence-corrected chi connectivity index (χ4v) is 5.28. The number of hydrogen-bond donors (Lipinski definition) is 1. The highest BCUT2D eigenvalue weighted by molar-refractivity contribution is 7.89. The quantitative estimate of drug-likeness (QED) is 0.707. The van der Waals surface area contributed by atoms with Gasteiger partial charge in [0.15, 0.2) is 23.0 Å². The van der Waals surface area contributed by atoms with Crippen LogP contribution in [0.3, 0.4) is 0 Å². The monoisotopic (exact) mass is 461 g/mol. The number of carbonyl (C=O) groups excluding carboxylic acids is 1. The number of carbonyl (C=O) groups is 1. The maximum Gasteiger partial charge on any atom is 0.243 e. The molecule has 0 saturated carbocycles. The predicted octanol–water partition coefficient (Wildman–Crippen LogP) is 1.13. The summed E-state index contributed by atoms with van der Waals surface area (Å²) < 4.78 is 49.1. The van der Waals surface area contributed by atoms with E-state index < -0.39 is 10.0 Å². The average Bonchev–Trinajstić information content (AvgIpc) is 3.27. The number of nitrogens with one attached hydrogen (secondary N) is 1. The molecule has 0 atom stereocenters. The molecule has 11 heteroatoms. The molecule has 0 spiro atoms. The lowest BCUT2D eigenvalue weighted by Gasteiger charge is -2.33. The molecule has 170 valence electrons. The Hall–Kier alpha value is -3.02. The summed E-state index contributed by atoms with van der Waals surface area (Å²) in [5.74, 6) is 2.07. The van der Waals surface area contributed by atoms with Gasteiger partial charge in [0.05, 0.1) is 11.4 Å². The van der Waals surface area contributed by atoms with E-state index in [1.54, 1.807) is 24.3 Å². The smallest absolute Gasteiger partial charge is 0.243 e. The molecule has 1 amide bonds. The summed E-state index contributed by atoms with van der Waals surface area (Å²) in [6, 6.07) is 9.89. The van der Waals surface area contributed by atoms with Crippen LogP contribution in [0.2, 0.25) is 0 Å². The Morgan fingerprint density at radius 1 is 0.844 bits per heavy atom. The lowest BCUT2D eigenvalue weighted by Crippen LogP contribution is -2.50. The normalized spacial score (nSPS) is 18.4. The molecule has 32 heavy (non-hydrogen) atoms. The van der Waals surface area contributed by atoms with Crippen molar-refractivity contribution in [3.63, 3.8) is 0 Å². The fourth-order valence-electron chi connectivity index (χ4n) is 3.84. The molecule has 3 aliphatic rings. The number of ether oxygens (including phenoxy) is 4. The van der Waals surface area contributed by atoms with Gasteiger partial charge in [-0.3, -0.25) is 9.69 Å². The predicted molar refractivity (Wildman–Crippen MR) is 114 cm³/mol. The van der Waals surface area contributed by atoms with Gasteiger partial charge in [0, 0.05) is 44.0 Å². The number of nitrogens with zero attached hydrogens (tertiary/aromatic N) is 2. The molecule has 2 aromatic carbocycles. The summed E-state index contributed by atoms with van der Waals surface area (Å²) in [4.78, 5) is 14.5. The van der Waals surface area contributed by atoms with Crippen LogP contribution in [-0.4, -0.2) is 76.3 Å². The molecule has 0 unspecified atom stereocenters. The minimum atomic E-state index is -3.66. The first kappa shape index (κ1) is 20.9. The lowest BCUT2D eigenvalue weighted by molar-refractivity contribution is -0.117. The molecule has 1 saturated heterocycles. The van der Waals surface area contributed by atoms with Gasteiger partial charge in [0.1, 0.15) is 13.2 Å². The zero-order valence-corrected chi connectivity index (χ0v) is 18.1. The van der Waals surface area contributed by atoms with Crippen molar-refractivity contribution in [2.45, 2.75) is 4.90 Å². The first-order valence-corrected chi connectivity index (χ1v) is 11.7. The summed E-state index contributed by atoms with van der Waals surface area (Å²) in [5, 5.41) is 2.84. The summed E-state index contributed by atoms with van der Waals surface area (Å²) >= 11 is 0. The first-order valence-electron chi connectivity index (χ1n) is 10.3. The highest BCUT2D eigenvalue weighted by Gasteiger charge is 2.30. The van der Waals surface area contributed by atoms with E-state index in [4.69, 9.17) is 18.9 Å². The van der Waals surface area contributed by atoms with Gasteiger partial charge in [-0.15, -0.1) is 0 Å². The van der Waals surface area contributed by atoms with Gasteiger partial charge < -0.3 is 24.3 Å². The van der Waals surface area contributed by atoms with E-state index in [1.165, 1.54) is 16.4 Å². The Morgan fingerprint density at radius 3 is 2.31 bits per heavy atom. The topological polar surface area (TPSA) is 107 Å². The van der Waals surface area contributed by atoms with Crippen LogP contribution in [0.1, 0.15) is 0 Å². The van der Waals surface area contributed by atoms with Crippen LogP contribution in [0.5, 0.6) is 23.0 Å². The molecule has 10 nitrogen and oxygen atoms in total. The maximum atomic E-state index is 13.0. The second-order valence-electron chi connectivity index (χ2n) is 7.60. The van der Waals surface area contributed by atoms with Crippen LogP contribution in [-0.2, 0) is 14.8 Å². The number of amides is 1. The summed E-state index contributed by atoms with van der Waals surface area (Å²) in [7, 11) is -3.66. The zero-order valence-electron chi connectivity index (χ0n) is 17.3. The molecule has 5 rings (SSSR count). The minimum Gasteiger partial charge on any atom is -0.486 e. The van der Waals surface area contributed by atoms with Crippen molar-refractivity contribution >= 4 is 21.6 Å². The van der Waals surface area contributed by atoms with E-state index in [2.05, 4.69) is 5.32 Å². The van der Waals surface area contributed by atoms with E-state index in [-0.39, 0.29) is 24.1 Å². The molecule has 1 N–H and O–H groups in total. The Labute approximate surface area is 185 Å². The standard InChI is InChI=1S/C21H23N3O7S/c25-21(22-15-1-3-18-19(11-15)31-14-30-18)13-23-5-7-24(8-6-23)32(26,27)16-2-4-17-20(12-16)29-10-9-28-17/h1-4,11-12H,5-10,13-14H2,(H,22,25). The van der Waals surface area contributed by atoms with Crippen LogP contribution in [0.25, 0.3) is 0 Å². The van der Waals surface area contributed by atoms with Crippen molar-refractivity contribution in [3.8, 4) is 23.0 Å².